The summed E-state index contributed by atoms with van der Waals surface area (Å²) in [7, 11) is 0. The molecule has 1 aliphatic rings. The highest BCUT2D eigenvalue weighted by atomic mass is 35.5. The van der Waals surface area contributed by atoms with Gasteiger partial charge in [-0.15, -0.1) is 12.4 Å². The van der Waals surface area contributed by atoms with E-state index in [-0.39, 0.29) is 18.2 Å². The number of carbonyl (C=O) groups is 1. The molecule has 2 aromatic carbocycles. The molecule has 0 radical (unpaired) electrons. The van der Waals surface area contributed by atoms with E-state index in [1.165, 1.54) is 30.2 Å². The number of ketones is 1. The van der Waals surface area contributed by atoms with E-state index in [0.717, 1.165) is 37.9 Å². The third-order valence-electron chi connectivity index (χ3n) is 5.41. The van der Waals surface area contributed by atoms with Gasteiger partial charge in [-0.25, -0.2) is 0 Å². The molecule has 1 atom stereocenters. The van der Waals surface area contributed by atoms with Crippen LogP contribution in [0.3, 0.4) is 0 Å². The molecule has 2 nitrogen and oxygen atoms in total. The van der Waals surface area contributed by atoms with Gasteiger partial charge in [-0.3, -0.25) is 9.69 Å². The second kappa shape index (κ2) is 11.3. The molecule has 0 saturated carbocycles. The first kappa shape index (κ1) is 24.2. The average molecular weight is 438 g/mol. The third kappa shape index (κ3) is 7.29. The molecule has 0 spiro atoms. The lowest BCUT2D eigenvalue weighted by atomic mass is 9.95. The minimum atomic E-state index is -4.34. The monoisotopic (exact) mass is 437 g/mol. The first-order valence-corrected chi connectivity index (χ1v) is 10.1. The van der Waals surface area contributed by atoms with Crippen LogP contribution in [-0.2, 0) is 17.4 Å². The molecule has 0 bridgehead atoms. The van der Waals surface area contributed by atoms with Crippen molar-refractivity contribution in [1.29, 1.82) is 0 Å². The standard InChI is InChI=1S/C24H26F3NO.ClH/c25-24(26,27)21-12-9-19(10-13-21)11-14-23(29)15-17-28-16-5-4-8-22(28)18-20-6-2-1-3-7-20;/h1-3,6-7,9-14,22H,4-5,8,15-18H2;1H. The first-order valence-electron chi connectivity index (χ1n) is 10.1. The van der Waals surface area contributed by atoms with E-state index in [4.69, 9.17) is 0 Å². The maximum atomic E-state index is 12.6. The van der Waals surface area contributed by atoms with Crippen LogP contribution >= 0.6 is 12.4 Å². The van der Waals surface area contributed by atoms with Crippen molar-refractivity contribution < 1.29 is 18.0 Å². The summed E-state index contributed by atoms with van der Waals surface area (Å²) in [5, 5.41) is 0. The Labute approximate surface area is 182 Å². The number of likely N-dealkylation sites (tertiary alicyclic amines) is 1. The van der Waals surface area contributed by atoms with Crippen LogP contribution in [0, 0.1) is 0 Å². The fourth-order valence-electron chi connectivity index (χ4n) is 3.78. The maximum Gasteiger partial charge on any atom is 0.416 e. The fourth-order valence-corrected chi connectivity index (χ4v) is 3.78. The summed E-state index contributed by atoms with van der Waals surface area (Å²) in [5.41, 5.74) is 1.22. The molecule has 162 valence electrons. The number of halogens is 4. The number of benzene rings is 2. The Hall–Kier alpha value is -2.11. The molecular formula is C24H27ClF3NO. The van der Waals surface area contributed by atoms with Gasteiger partial charge < -0.3 is 0 Å². The molecule has 0 aromatic heterocycles. The van der Waals surface area contributed by atoms with Crippen molar-refractivity contribution in [2.75, 3.05) is 13.1 Å². The zero-order valence-electron chi connectivity index (χ0n) is 16.8. The maximum absolute atomic E-state index is 12.6. The summed E-state index contributed by atoms with van der Waals surface area (Å²) < 4.78 is 37.8. The topological polar surface area (TPSA) is 20.3 Å². The van der Waals surface area contributed by atoms with Crippen molar-refractivity contribution in [3.63, 3.8) is 0 Å². The van der Waals surface area contributed by atoms with Gasteiger partial charge in [0.1, 0.15) is 0 Å². The molecule has 3 rings (SSSR count). The number of nitrogens with zero attached hydrogens (tertiary/aromatic N) is 1. The summed E-state index contributed by atoms with van der Waals surface area (Å²) in [6.07, 6.45) is 3.64. The highest BCUT2D eigenvalue weighted by Gasteiger charge is 2.29. The van der Waals surface area contributed by atoms with E-state index in [0.29, 0.717) is 24.6 Å². The van der Waals surface area contributed by atoms with Crippen LogP contribution < -0.4 is 0 Å². The van der Waals surface area contributed by atoms with Gasteiger partial charge in [0, 0.05) is 19.0 Å². The highest BCUT2D eigenvalue weighted by molar-refractivity contribution is 5.93. The minimum absolute atomic E-state index is 0. The number of hydrogen-bond donors (Lipinski definition) is 0. The number of rotatable bonds is 7. The third-order valence-corrected chi connectivity index (χ3v) is 5.41. The second-order valence-corrected chi connectivity index (χ2v) is 7.54. The highest BCUT2D eigenvalue weighted by Crippen LogP contribution is 2.29. The minimum Gasteiger partial charge on any atom is -0.300 e. The van der Waals surface area contributed by atoms with Crippen molar-refractivity contribution >= 4 is 24.3 Å². The lowest BCUT2D eigenvalue weighted by Gasteiger charge is -2.35. The van der Waals surface area contributed by atoms with Gasteiger partial charge in [0.25, 0.3) is 0 Å². The Morgan fingerprint density at radius 1 is 1.03 bits per heavy atom. The van der Waals surface area contributed by atoms with Gasteiger partial charge in [-0.1, -0.05) is 55.0 Å². The van der Waals surface area contributed by atoms with Gasteiger partial charge in [0.15, 0.2) is 5.78 Å². The summed E-state index contributed by atoms with van der Waals surface area (Å²) in [6, 6.07) is 15.7. The molecule has 6 heteroatoms. The molecule has 0 N–H and O–H groups in total. The summed E-state index contributed by atoms with van der Waals surface area (Å²) in [5.74, 6) is -0.00562. The molecule has 1 saturated heterocycles. The predicted molar refractivity (Wildman–Crippen MR) is 117 cm³/mol. The Morgan fingerprint density at radius 2 is 1.73 bits per heavy atom. The molecule has 30 heavy (non-hydrogen) atoms. The van der Waals surface area contributed by atoms with Crippen molar-refractivity contribution in [2.45, 2.75) is 44.3 Å². The number of hydrogen-bond acceptors (Lipinski definition) is 2. The van der Waals surface area contributed by atoms with E-state index in [1.807, 2.05) is 6.07 Å². The smallest absolute Gasteiger partial charge is 0.300 e. The Morgan fingerprint density at radius 3 is 2.40 bits per heavy atom. The van der Waals surface area contributed by atoms with Crippen LogP contribution in [0.5, 0.6) is 0 Å². The zero-order valence-corrected chi connectivity index (χ0v) is 17.6. The van der Waals surface area contributed by atoms with Crippen LogP contribution in [0.15, 0.2) is 60.7 Å². The van der Waals surface area contributed by atoms with Crippen LogP contribution in [0.1, 0.15) is 42.4 Å². The summed E-state index contributed by atoms with van der Waals surface area (Å²) >= 11 is 0. The van der Waals surface area contributed by atoms with Crippen molar-refractivity contribution in [1.82, 2.24) is 4.90 Å². The second-order valence-electron chi connectivity index (χ2n) is 7.54. The molecule has 1 fully saturated rings. The number of carbonyl (C=O) groups excluding carboxylic acids is 1. The fraction of sp³-hybridized carbons (Fsp3) is 0.375. The van der Waals surface area contributed by atoms with E-state index in [9.17, 15) is 18.0 Å². The number of alkyl halides is 3. The molecule has 1 aliphatic heterocycles. The Balaban J connectivity index is 0.00000320. The molecule has 1 heterocycles. The van der Waals surface area contributed by atoms with Gasteiger partial charge >= 0.3 is 6.18 Å². The molecular weight excluding hydrogens is 411 g/mol. The Bertz CT molecular complexity index is 819. The molecule has 0 amide bonds. The largest absolute Gasteiger partial charge is 0.416 e. The molecule has 0 aliphatic carbocycles. The van der Waals surface area contributed by atoms with Gasteiger partial charge in [0.2, 0.25) is 0 Å². The van der Waals surface area contributed by atoms with E-state index in [1.54, 1.807) is 6.08 Å². The van der Waals surface area contributed by atoms with Crippen molar-refractivity contribution in [3.8, 4) is 0 Å². The van der Waals surface area contributed by atoms with Crippen LogP contribution in [0.25, 0.3) is 6.08 Å². The van der Waals surface area contributed by atoms with E-state index >= 15 is 0 Å². The Kier molecular flexibility index (Phi) is 9.12. The van der Waals surface area contributed by atoms with Gasteiger partial charge in [0.05, 0.1) is 5.56 Å². The van der Waals surface area contributed by atoms with Crippen LogP contribution in [0.4, 0.5) is 13.2 Å². The van der Waals surface area contributed by atoms with Gasteiger partial charge in [-0.05, 0) is 55.1 Å². The van der Waals surface area contributed by atoms with Crippen molar-refractivity contribution in [3.05, 3.63) is 77.4 Å². The summed E-state index contributed by atoms with van der Waals surface area (Å²) in [4.78, 5) is 14.7. The normalized spacial score (nSPS) is 17.6. The number of allylic oxidation sites excluding steroid dienone is 1. The SMILES string of the molecule is Cl.O=C(C=Cc1ccc(C(F)(F)F)cc1)CCN1CCCCC1Cc1ccccc1. The van der Waals surface area contributed by atoms with Crippen LogP contribution in [-0.4, -0.2) is 29.8 Å². The summed E-state index contributed by atoms with van der Waals surface area (Å²) in [6.45, 7) is 1.72. The lowest BCUT2D eigenvalue weighted by molar-refractivity contribution is -0.137. The zero-order chi connectivity index (χ0) is 20.7. The molecule has 2 aromatic rings. The first-order chi connectivity index (χ1) is 13.9. The van der Waals surface area contributed by atoms with E-state index in [2.05, 4.69) is 29.2 Å². The van der Waals surface area contributed by atoms with Crippen molar-refractivity contribution in [2.24, 2.45) is 0 Å². The number of piperidine rings is 1. The molecule has 1 unspecified atom stereocenters. The quantitative estimate of drug-likeness (QED) is 0.481. The van der Waals surface area contributed by atoms with E-state index < -0.39 is 11.7 Å². The lowest BCUT2D eigenvalue weighted by Crippen LogP contribution is -2.41. The predicted octanol–water partition coefficient (Wildman–Crippen LogP) is 6.20. The van der Waals surface area contributed by atoms with Crippen LogP contribution in [0.2, 0.25) is 0 Å². The average Bonchev–Trinajstić information content (AvgIpc) is 2.72. The van der Waals surface area contributed by atoms with Gasteiger partial charge in [-0.2, -0.15) is 13.2 Å².